The summed E-state index contributed by atoms with van der Waals surface area (Å²) in [5.41, 5.74) is 1.80. The molecule has 2 atom stereocenters. The maximum absolute atomic E-state index is 12.6. The fraction of sp³-hybridized carbons (Fsp3) is 0.448. The third-order valence-corrected chi connectivity index (χ3v) is 7.19. The first-order valence-corrected chi connectivity index (χ1v) is 13.5. The molecule has 0 radical (unpaired) electrons. The normalized spacial score (nSPS) is 20.4. The highest BCUT2D eigenvalue weighted by Gasteiger charge is 2.42. The number of nitrogens with zero attached hydrogens (tertiary/aromatic N) is 4. The maximum atomic E-state index is 12.6. The van der Waals surface area contributed by atoms with Gasteiger partial charge in [-0.2, -0.15) is 0 Å². The van der Waals surface area contributed by atoms with Crippen LogP contribution in [0.5, 0.6) is 0 Å². The van der Waals surface area contributed by atoms with E-state index in [2.05, 4.69) is 41.6 Å². The predicted molar refractivity (Wildman–Crippen MR) is 158 cm³/mol. The van der Waals surface area contributed by atoms with Crippen LogP contribution in [-0.2, 0) is 9.63 Å². The number of carbonyl (C=O) groups is 2. The molecule has 224 valence electrons. The summed E-state index contributed by atoms with van der Waals surface area (Å²) in [6.45, 7) is 9.98. The van der Waals surface area contributed by atoms with E-state index in [-0.39, 0.29) is 40.7 Å². The quantitative estimate of drug-likeness (QED) is 0.168. The van der Waals surface area contributed by atoms with Crippen molar-refractivity contribution < 1.29 is 24.3 Å². The molecule has 2 N–H and O–H groups in total. The molecule has 2 unspecified atom stereocenters. The molecule has 0 aliphatic heterocycles. The number of non-ortho nitro benzene ring substituents is 2. The number of rotatable bonds is 10. The summed E-state index contributed by atoms with van der Waals surface area (Å²) in [4.78, 5) is 55.3. The Morgan fingerprint density at radius 1 is 0.905 bits per heavy atom. The summed E-state index contributed by atoms with van der Waals surface area (Å²) in [5.74, 6) is -0.249. The molecular weight excluding hydrogens is 544 g/mol. The van der Waals surface area contributed by atoms with Gasteiger partial charge in [-0.15, -0.1) is 0 Å². The van der Waals surface area contributed by atoms with E-state index >= 15 is 0 Å². The molecular formula is C29H36N6O7. The molecule has 1 aliphatic carbocycles. The Balaban J connectivity index is 1.53. The minimum atomic E-state index is -0.707. The summed E-state index contributed by atoms with van der Waals surface area (Å²) < 4.78 is 0. The number of nitro groups is 2. The van der Waals surface area contributed by atoms with Gasteiger partial charge in [-0.1, -0.05) is 25.9 Å². The first-order valence-electron chi connectivity index (χ1n) is 13.5. The van der Waals surface area contributed by atoms with Gasteiger partial charge in [-0.3, -0.25) is 34.9 Å². The molecule has 42 heavy (non-hydrogen) atoms. The zero-order valence-electron chi connectivity index (χ0n) is 24.4. The number of hydrogen-bond acceptors (Lipinski definition) is 9. The molecule has 1 fully saturated rings. The summed E-state index contributed by atoms with van der Waals surface area (Å²) >= 11 is 0. The van der Waals surface area contributed by atoms with Crippen molar-refractivity contribution in [2.24, 2.45) is 21.0 Å². The number of benzene rings is 2. The molecule has 0 saturated heterocycles. The number of amides is 2. The predicted octanol–water partition coefficient (Wildman–Crippen LogP) is 5.16. The molecule has 1 aliphatic rings. The molecule has 0 spiro atoms. The zero-order chi connectivity index (χ0) is 31.1. The lowest BCUT2D eigenvalue weighted by molar-refractivity contribution is -0.385. The van der Waals surface area contributed by atoms with Gasteiger partial charge in [0.05, 0.1) is 15.6 Å². The number of oxime groups is 1. The van der Waals surface area contributed by atoms with Crippen molar-refractivity contribution in [3.8, 4) is 0 Å². The molecule has 13 heteroatoms. The van der Waals surface area contributed by atoms with Gasteiger partial charge in [0.25, 0.3) is 11.4 Å². The molecule has 2 aromatic carbocycles. The topological polar surface area (TPSA) is 178 Å². The fourth-order valence-corrected chi connectivity index (χ4v) is 5.52. The minimum Gasteiger partial charge on any atom is -0.354 e. The SMILES string of the molecule is C/C(=N\CC(=O)NCC1(C)CC(NC(=O)O/N=C(\C)c2ccc([N+](=O)[O-])cc2)CC(C)(C)C1)c1ccc([N+](=O)[O-])cc1. The molecule has 3 rings (SSSR count). The minimum absolute atomic E-state index is 0.0147. The van der Waals surface area contributed by atoms with Crippen molar-refractivity contribution in [1.82, 2.24) is 10.6 Å². The Labute approximate surface area is 243 Å². The van der Waals surface area contributed by atoms with Crippen molar-refractivity contribution >= 4 is 34.8 Å². The van der Waals surface area contributed by atoms with Gasteiger partial charge in [0, 0.05) is 42.6 Å². The third-order valence-electron chi connectivity index (χ3n) is 7.19. The van der Waals surface area contributed by atoms with Crippen LogP contribution in [0.3, 0.4) is 0 Å². The van der Waals surface area contributed by atoms with Crippen LogP contribution in [0.4, 0.5) is 16.2 Å². The van der Waals surface area contributed by atoms with E-state index in [1.54, 1.807) is 26.0 Å². The highest BCUT2D eigenvalue weighted by molar-refractivity contribution is 6.00. The molecule has 2 amide bonds. The Bertz CT molecular complexity index is 1390. The van der Waals surface area contributed by atoms with Crippen molar-refractivity contribution in [3.05, 3.63) is 79.9 Å². The van der Waals surface area contributed by atoms with Crippen molar-refractivity contribution in [2.45, 2.75) is 59.9 Å². The lowest BCUT2D eigenvalue weighted by Gasteiger charge is -2.46. The fourth-order valence-electron chi connectivity index (χ4n) is 5.52. The number of nitrogens with one attached hydrogen (secondary N) is 2. The first kappa shape index (κ1) is 31.8. The highest BCUT2D eigenvalue weighted by Crippen LogP contribution is 2.45. The molecule has 0 aromatic heterocycles. The van der Waals surface area contributed by atoms with Crippen LogP contribution in [0.1, 0.15) is 65.0 Å². The average molecular weight is 581 g/mol. The second-order valence-electron chi connectivity index (χ2n) is 11.7. The Kier molecular flexibility index (Phi) is 10.1. The lowest BCUT2D eigenvalue weighted by atomic mass is 9.62. The largest absolute Gasteiger partial charge is 0.433 e. The summed E-state index contributed by atoms with van der Waals surface area (Å²) in [6.07, 6.45) is 1.45. The van der Waals surface area contributed by atoms with E-state index in [0.717, 1.165) is 12.8 Å². The lowest BCUT2D eigenvalue weighted by Crippen LogP contribution is -2.50. The zero-order valence-corrected chi connectivity index (χ0v) is 24.4. The molecule has 2 aromatic rings. The number of nitro benzene ring substituents is 2. The van der Waals surface area contributed by atoms with Gasteiger partial charge in [0.1, 0.15) is 6.54 Å². The maximum Gasteiger partial charge on any atom is 0.433 e. The van der Waals surface area contributed by atoms with Gasteiger partial charge in [-0.05, 0) is 79.3 Å². The second-order valence-corrected chi connectivity index (χ2v) is 11.7. The van der Waals surface area contributed by atoms with Gasteiger partial charge in [0.15, 0.2) is 0 Å². The summed E-state index contributed by atoms with van der Waals surface area (Å²) in [5, 5.41) is 31.4. The van der Waals surface area contributed by atoms with E-state index in [0.29, 0.717) is 35.5 Å². The molecule has 0 bridgehead atoms. The summed E-state index contributed by atoms with van der Waals surface area (Å²) in [7, 11) is 0. The van der Waals surface area contributed by atoms with Gasteiger partial charge >= 0.3 is 6.09 Å². The van der Waals surface area contributed by atoms with Gasteiger partial charge in [-0.25, -0.2) is 4.79 Å². The van der Waals surface area contributed by atoms with Crippen LogP contribution in [0.15, 0.2) is 58.7 Å². The van der Waals surface area contributed by atoms with Crippen LogP contribution in [0, 0.1) is 31.1 Å². The molecule has 0 heterocycles. The van der Waals surface area contributed by atoms with Crippen LogP contribution in [0.25, 0.3) is 0 Å². The second kappa shape index (κ2) is 13.3. The molecule has 1 saturated carbocycles. The number of hydrogen-bond donors (Lipinski definition) is 2. The van der Waals surface area contributed by atoms with Crippen molar-refractivity contribution in [3.63, 3.8) is 0 Å². The monoisotopic (exact) mass is 580 g/mol. The van der Waals surface area contributed by atoms with Crippen LogP contribution in [-0.4, -0.2) is 52.4 Å². The van der Waals surface area contributed by atoms with E-state index in [1.807, 2.05) is 0 Å². The number of aliphatic imine (C=N–C) groups is 1. The van der Waals surface area contributed by atoms with Crippen LogP contribution in [0.2, 0.25) is 0 Å². The van der Waals surface area contributed by atoms with E-state index < -0.39 is 15.9 Å². The summed E-state index contributed by atoms with van der Waals surface area (Å²) in [6, 6.07) is 11.5. The van der Waals surface area contributed by atoms with E-state index in [1.165, 1.54) is 36.4 Å². The smallest absolute Gasteiger partial charge is 0.354 e. The molecule has 13 nitrogen and oxygen atoms in total. The first-order chi connectivity index (χ1) is 19.7. The van der Waals surface area contributed by atoms with E-state index in [9.17, 15) is 29.8 Å². The van der Waals surface area contributed by atoms with E-state index in [4.69, 9.17) is 4.84 Å². The van der Waals surface area contributed by atoms with Gasteiger partial charge < -0.3 is 10.6 Å². The number of carbonyl (C=O) groups excluding carboxylic acids is 2. The van der Waals surface area contributed by atoms with Crippen LogP contribution < -0.4 is 10.6 Å². The van der Waals surface area contributed by atoms with Gasteiger partial charge in [0.2, 0.25) is 5.91 Å². The Morgan fingerprint density at radius 3 is 1.95 bits per heavy atom. The van der Waals surface area contributed by atoms with Crippen molar-refractivity contribution in [2.75, 3.05) is 13.1 Å². The van der Waals surface area contributed by atoms with Crippen LogP contribution >= 0.6 is 0 Å². The third kappa shape index (κ3) is 9.18. The Hall–Kier alpha value is -4.68. The van der Waals surface area contributed by atoms with Crippen molar-refractivity contribution in [1.29, 1.82) is 0 Å². The Morgan fingerprint density at radius 2 is 1.43 bits per heavy atom. The highest BCUT2D eigenvalue weighted by atomic mass is 16.7. The standard InChI is InChI=1S/C29H36N6O7/c1-19(21-6-10-24(11-7-21)34(38)39)30-16-26(36)31-18-29(5)15-23(14-28(3,4)17-29)32-27(37)42-33-20(2)22-8-12-25(13-9-22)35(40)41/h6-13,23H,14-18H2,1-5H3,(H,31,36)(H,32,37)/b30-19+,33-20+. The average Bonchev–Trinajstić information content (AvgIpc) is 2.92.